The molecule has 16 heavy (non-hydrogen) atoms. The fourth-order valence-electron chi connectivity index (χ4n) is 1.37. The Morgan fingerprint density at radius 2 is 2.12 bits per heavy atom. The Balaban J connectivity index is 3.11. The molecule has 0 amide bonds. The minimum absolute atomic E-state index is 0.0605. The zero-order chi connectivity index (χ0) is 12.3. The third-order valence-electron chi connectivity index (χ3n) is 3.17. The van der Waals surface area contributed by atoms with Crippen molar-refractivity contribution in [1.82, 2.24) is 9.97 Å². The Labute approximate surface area is 97.0 Å². The molecule has 0 aliphatic heterocycles. The van der Waals surface area contributed by atoms with Crippen LogP contribution < -0.4 is 16.2 Å². The minimum Gasteiger partial charge on any atom is -0.354 e. The van der Waals surface area contributed by atoms with Gasteiger partial charge in [-0.3, -0.25) is 5.43 Å². The molecule has 1 rings (SSSR count). The topological polar surface area (TPSA) is 67.1 Å². The molecule has 0 fully saturated rings. The highest BCUT2D eigenvalue weighted by atomic mass is 15.3. The van der Waals surface area contributed by atoms with E-state index in [1.807, 2.05) is 14.0 Å². The molecule has 0 radical (unpaired) electrons. The lowest BCUT2D eigenvalue weighted by atomic mass is 9.99. The molecule has 1 aromatic rings. The van der Waals surface area contributed by atoms with E-state index in [9.17, 15) is 0 Å². The van der Waals surface area contributed by atoms with Gasteiger partial charge in [0.2, 0.25) is 5.95 Å². The van der Waals surface area contributed by atoms with E-state index in [4.69, 9.17) is 5.84 Å². The average Bonchev–Trinajstić information content (AvgIpc) is 2.29. The van der Waals surface area contributed by atoms with Crippen molar-refractivity contribution in [2.24, 2.45) is 5.84 Å². The van der Waals surface area contributed by atoms with E-state index < -0.39 is 0 Å². The number of anilines is 2. The predicted octanol–water partition coefficient (Wildman–Crippen LogP) is 1.70. The standard InChI is InChI=1S/C11H21N5/c1-6-11(3,4)16(5)9-8(2)7-13-10(14-9)15-12/h7H,6,12H2,1-5H3,(H,13,14,15). The number of nitrogens with one attached hydrogen (secondary N) is 1. The summed E-state index contributed by atoms with van der Waals surface area (Å²) in [7, 11) is 2.04. The fraction of sp³-hybridized carbons (Fsp3) is 0.636. The number of nitrogen functional groups attached to an aromatic ring is 1. The maximum atomic E-state index is 5.32. The van der Waals surface area contributed by atoms with Crippen LogP contribution in [0.1, 0.15) is 32.8 Å². The van der Waals surface area contributed by atoms with Crippen LogP contribution >= 0.6 is 0 Å². The lowest BCUT2D eigenvalue weighted by Gasteiger charge is -2.36. The quantitative estimate of drug-likeness (QED) is 0.600. The third-order valence-corrected chi connectivity index (χ3v) is 3.17. The van der Waals surface area contributed by atoms with Gasteiger partial charge in [0.25, 0.3) is 0 Å². The molecule has 0 aliphatic rings. The number of rotatable bonds is 4. The second-order valence-electron chi connectivity index (χ2n) is 4.57. The van der Waals surface area contributed by atoms with Crippen molar-refractivity contribution in [1.29, 1.82) is 0 Å². The normalized spacial score (nSPS) is 11.4. The van der Waals surface area contributed by atoms with Gasteiger partial charge in [0.05, 0.1) is 0 Å². The molecule has 1 aromatic heterocycles. The number of nitrogens with zero attached hydrogens (tertiary/aromatic N) is 3. The van der Waals surface area contributed by atoms with Gasteiger partial charge in [-0.2, -0.15) is 4.98 Å². The summed E-state index contributed by atoms with van der Waals surface area (Å²) in [5.41, 5.74) is 3.57. The summed E-state index contributed by atoms with van der Waals surface area (Å²) in [4.78, 5) is 10.6. The predicted molar refractivity (Wildman–Crippen MR) is 67.4 cm³/mol. The molecule has 0 aromatic carbocycles. The molecule has 5 nitrogen and oxygen atoms in total. The first-order chi connectivity index (χ1) is 7.42. The van der Waals surface area contributed by atoms with Gasteiger partial charge in [-0.25, -0.2) is 10.8 Å². The van der Waals surface area contributed by atoms with Gasteiger partial charge < -0.3 is 4.90 Å². The van der Waals surface area contributed by atoms with Gasteiger partial charge in [0, 0.05) is 24.3 Å². The Kier molecular flexibility index (Phi) is 3.70. The van der Waals surface area contributed by atoms with Crippen molar-refractivity contribution < 1.29 is 0 Å². The van der Waals surface area contributed by atoms with Gasteiger partial charge in [-0.15, -0.1) is 0 Å². The monoisotopic (exact) mass is 223 g/mol. The lowest BCUT2D eigenvalue weighted by Crippen LogP contribution is -2.41. The van der Waals surface area contributed by atoms with Crippen LogP contribution in [0.3, 0.4) is 0 Å². The average molecular weight is 223 g/mol. The van der Waals surface area contributed by atoms with E-state index in [-0.39, 0.29) is 5.54 Å². The molecule has 0 saturated carbocycles. The smallest absolute Gasteiger partial charge is 0.239 e. The maximum Gasteiger partial charge on any atom is 0.239 e. The molecule has 0 saturated heterocycles. The molecule has 5 heteroatoms. The second-order valence-corrected chi connectivity index (χ2v) is 4.57. The largest absolute Gasteiger partial charge is 0.354 e. The van der Waals surface area contributed by atoms with Crippen LogP contribution in [-0.2, 0) is 0 Å². The van der Waals surface area contributed by atoms with Crippen LogP contribution in [-0.4, -0.2) is 22.6 Å². The number of hydrogen-bond donors (Lipinski definition) is 2. The Bertz CT molecular complexity index is 361. The molecule has 3 N–H and O–H groups in total. The molecule has 0 bridgehead atoms. The summed E-state index contributed by atoms with van der Waals surface area (Å²) in [5.74, 6) is 6.67. The van der Waals surface area contributed by atoms with Crippen molar-refractivity contribution in [3.8, 4) is 0 Å². The minimum atomic E-state index is 0.0605. The van der Waals surface area contributed by atoms with Crippen molar-refractivity contribution in [2.75, 3.05) is 17.4 Å². The van der Waals surface area contributed by atoms with Crippen molar-refractivity contribution in [2.45, 2.75) is 39.7 Å². The molecule has 0 spiro atoms. The van der Waals surface area contributed by atoms with Crippen LogP contribution in [0.5, 0.6) is 0 Å². The number of nitrogens with two attached hydrogens (primary N) is 1. The zero-order valence-corrected chi connectivity index (χ0v) is 10.7. The van der Waals surface area contributed by atoms with E-state index >= 15 is 0 Å². The first-order valence-electron chi connectivity index (χ1n) is 5.46. The SMILES string of the molecule is CCC(C)(C)N(C)c1nc(NN)ncc1C. The lowest BCUT2D eigenvalue weighted by molar-refractivity contribution is 0.466. The molecule has 1 heterocycles. The molecular weight excluding hydrogens is 202 g/mol. The molecular formula is C11H21N5. The van der Waals surface area contributed by atoms with Gasteiger partial charge in [-0.1, -0.05) is 6.92 Å². The zero-order valence-electron chi connectivity index (χ0n) is 10.7. The van der Waals surface area contributed by atoms with Gasteiger partial charge in [0.1, 0.15) is 5.82 Å². The van der Waals surface area contributed by atoms with E-state index in [1.165, 1.54) is 0 Å². The van der Waals surface area contributed by atoms with Gasteiger partial charge >= 0.3 is 0 Å². The van der Waals surface area contributed by atoms with Crippen LogP contribution in [0, 0.1) is 6.92 Å². The Hall–Kier alpha value is -1.36. The Morgan fingerprint density at radius 3 is 2.62 bits per heavy atom. The summed E-state index contributed by atoms with van der Waals surface area (Å²) in [6, 6.07) is 0. The fourth-order valence-corrected chi connectivity index (χ4v) is 1.37. The first kappa shape index (κ1) is 12.7. The van der Waals surface area contributed by atoms with Crippen molar-refractivity contribution in [3.05, 3.63) is 11.8 Å². The van der Waals surface area contributed by atoms with E-state index in [0.29, 0.717) is 5.95 Å². The maximum absolute atomic E-state index is 5.32. The van der Waals surface area contributed by atoms with E-state index in [2.05, 4.69) is 41.1 Å². The molecule has 0 unspecified atom stereocenters. The van der Waals surface area contributed by atoms with Crippen molar-refractivity contribution >= 4 is 11.8 Å². The van der Waals surface area contributed by atoms with E-state index in [0.717, 1.165) is 17.8 Å². The highest BCUT2D eigenvalue weighted by Gasteiger charge is 2.24. The first-order valence-corrected chi connectivity index (χ1v) is 5.46. The van der Waals surface area contributed by atoms with Crippen LogP contribution in [0.25, 0.3) is 0 Å². The van der Waals surface area contributed by atoms with Gasteiger partial charge in [0.15, 0.2) is 0 Å². The number of aryl methyl sites for hydroxylation is 1. The number of aromatic nitrogens is 2. The summed E-state index contributed by atoms with van der Waals surface area (Å²) in [5, 5.41) is 0. The Morgan fingerprint density at radius 1 is 1.50 bits per heavy atom. The molecule has 90 valence electrons. The summed E-state index contributed by atoms with van der Waals surface area (Å²) in [6.07, 6.45) is 2.82. The second kappa shape index (κ2) is 4.65. The molecule has 0 atom stereocenters. The number of hydrogen-bond acceptors (Lipinski definition) is 5. The van der Waals surface area contributed by atoms with Crippen LogP contribution in [0.2, 0.25) is 0 Å². The van der Waals surface area contributed by atoms with Crippen LogP contribution in [0.15, 0.2) is 6.20 Å². The summed E-state index contributed by atoms with van der Waals surface area (Å²) >= 11 is 0. The summed E-state index contributed by atoms with van der Waals surface area (Å²) in [6.45, 7) is 8.53. The highest BCUT2D eigenvalue weighted by Crippen LogP contribution is 2.25. The van der Waals surface area contributed by atoms with E-state index in [1.54, 1.807) is 6.20 Å². The molecule has 0 aliphatic carbocycles. The third kappa shape index (κ3) is 2.41. The van der Waals surface area contributed by atoms with Gasteiger partial charge in [-0.05, 0) is 27.2 Å². The highest BCUT2D eigenvalue weighted by molar-refractivity contribution is 5.49. The number of hydrazine groups is 1. The van der Waals surface area contributed by atoms with Crippen molar-refractivity contribution in [3.63, 3.8) is 0 Å². The summed E-state index contributed by atoms with van der Waals surface area (Å²) < 4.78 is 0. The van der Waals surface area contributed by atoms with Crippen LogP contribution in [0.4, 0.5) is 11.8 Å².